The molecule has 33 heavy (non-hydrogen) atoms. The van der Waals surface area contributed by atoms with E-state index in [-0.39, 0.29) is 23.4 Å². The van der Waals surface area contributed by atoms with Gasteiger partial charge >= 0.3 is 0 Å². The van der Waals surface area contributed by atoms with Crippen molar-refractivity contribution in [2.45, 2.75) is 65.6 Å². The van der Waals surface area contributed by atoms with Crippen LogP contribution in [-0.2, 0) is 24.3 Å². The Kier molecular flexibility index (Phi) is 5.83. The number of aromatic amines is 1. The van der Waals surface area contributed by atoms with Crippen molar-refractivity contribution in [1.82, 2.24) is 24.4 Å². The maximum Gasteiger partial charge on any atom is 0.277 e. The summed E-state index contributed by atoms with van der Waals surface area (Å²) in [6.45, 7) is 8.81. The smallest absolute Gasteiger partial charge is 0.277 e. The van der Waals surface area contributed by atoms with Crippen LogP contribution in [0, 0.1) is 12.8 Å². The molecule has 1 atom stereocenters. The zero-order valence-electron chi connectivity index (χ0n) is 19.8. The number of amides is 1. The van der Waals surface area contributed by atoms with Gasteiger partial charge in [0.05, 0.1) is 29.5 Å². The van der Waals surface area contributed by atoms with Crippen molar-refractivity contribution < 1.29 is 4.79 Å². The van der Waals surface area contributed by atoms with E-state index in [2.05, 4.69) is 41.2 Å². The highest BCUT2D eigenvalue weighted by atomic mass is 16.2. The van der Waals surface area contributed by atoms with Gasteiger partial charge in [-0.05, 0) is 31.9 Å². The number of fused-ring (bicyclic) bond motifs is 2. The molecule has 2 aromatic heterocycles. The maximum absolute atomic E-state index is 13.4. The first-order chi connectivity index (χ1) is 15.9. The van der Waals surface area contributed by atoms with Gasteiger partial charge in [0.15, 0.2) is 5.65 Å². The monoisotopic (exact) mass is 447 g/mol. The van der Waals surface area contributed by atoms with E-state index >= 15 is 0 Å². The van der Waals surface area contributed by atoms with Gasteiger partial charge in [-0.15, -0.1) is 0 Å². The SMILES string of the molecule is Cc1ccc(CN2CCCC[C@@H]2c2cc3nc4c(c(=O)n3[nH]2)CN(C(=O)C(C)C)CC4)cc1. The van der Waals surface area contributed by atoms with Gasteiger partial charge in [-0.25, -0.2) is 9.50 Å². The highest BCUT2D eigenvalue weighted by Crippen LogP contribution is 2.32. The summed E-state index contributed by atoms with van der Waals surface area (Å²) in [5.41, 5.74) is 5.70. The van der Waals surface area contributed by atoms with E-state index in [9.17, 15) is 9.59 Å². The number of aryl methyl sites for hydroxylation is 1. The van der Waals surface area contributed by atoms with Gasteiger partial charge in [0, 0.05) is 31.5 Å². The number of hydrogen-bond donors (Lipinski definition) is 1. The van der Waals surface area contributed by atoms with Crippen LogP contribution in [0.3, 0.4) is 0 Å². The van der Waals surface area contributed by atoms with E-state index < -0.39 is 0 Å². The fraction of sp³-hybridized carbons (Fsp3) is 0.500. The van der Waals surface area contributed by atoms with Crippen molar-refractivity contribution >= 4 is 11.6 Å². The number of carbonyl (C=O) groups is 1. The van der Waals surface area contributed by atoms with Gasteiger partial charge in [-0.3, -0.25) is 19.6 Å². The second-order valence-electron chi connectivity index (χ2n) is 9.88. The van der Waals surface area contributed by atoms with Crippen LogP contribution in [0.25, 0.3) is 5.65 Å². The highest BCUT2D eigenvalue weighted by molar-refractivity contribution is 5.78. The number of rotatable bonds is 4. The van der Waals surface area contributed by atoms with Crippen LogP contribution in [0.5, 0.6) is 0 Å². The fourth-order valence-corrected chi connectivity index (χ4v) is 5.18. The first-order valence-electron chi connectivity index (χ1n) is 12.1. The van der Waals surface area contributed by atoms with Crippen LogP contribution < -0.4 is 5.56 Å². The van der Waals surface area contributed by atoms with Crippen LogP contribution in [0.1, 0.15) is 67.2 Å². The van der Waals surface area contributed by atoms with Gasteiger partial charge < -0.3 is 4.90 Å². The number of benzene rings is 1. The Morgan fingerprint density at radius 2 is 1.97 bits per heavy atom. The van der Waals surface area contributed by atoms with Crippen molar-refractivity contribution in [2.75, 3.05) is 13.1 Å². The minimum absolute atomic E-state index is 0.0751. The van der Waals surface area contributed by atoms with Crippen LogP contribution in [0.2, 0.25) is 0 Å². The molecular weight excluding hydrogens is 414 g/mol. The number of hydrogen-bond acceptors (Lipinski definition) is 4. The van der Waals surface area contributed by atoms with E-state index in [4.69, 9.17) is 4.98 Å². The molecule has 1 N–H and O–H groups in total. The van der Waals surface area contributed by atoms with E-state index in [1.54, 1.807) is 9.42 Å². The molecule has 5 rings (SSSR count). The summed E-state index contributed by atoms with van der Waals surface area (Å²) in [5.74, 6) is 0.0141. The Labute approximate surface area is 194 Å². The first kappa shape index (κ1) is 21.9. The largest absolute Gasteiger partial charge is 0.337 e. The Morgan fingerprint density at radius 3 is 2.73 bits per heavy atom. The number of nitrogens with one attached hydrogen (secondary N) is 1. The van der Waals surface area contributed by atoms with Gasteiger partial charge in [0.2, 0.25) is 5.91 Å². The summed E-state index contributed by atoms with van der Waals surface area (Å²) < 4.78 is 1.58. The fourth-order valence-electron chi connectivity index (χ4n) is 5.18. The van der Waals surface area contributed by atoms with E-state index in [0.717, 1.165) is 30.9 Å². The summed E-state index contributed by atoms with van der Waals surface area (Å²) in [5, 5.41) is 3.37. The quantitative estimate of drug-likeness (QED) is 0.663. The Bertz CT molecular complexity index is 1220. The van der Waals surface area contributed by atoms with Gasteiger partial charge in [0.25, 0.3) is 5.56 Å². The van der Waals surface area contributed by atoms with Gasteiger partial charge in [-0.2, -0.15) is 0 Å². The Hall–Kier alpha value is -2.93. The summed E-state index contributed by atoms with van der Waals surface area (Å²) in [6, 6.07) is 11.0. The molecule has 0 spiro atoms. The van der Waals surface area contributed by atoms with E-state index in [1.807, 2.05) is 19.9 Å². The molecule has 0 unspecified atom stereocenters. The predicted molar refractivity (Wildman–Crippen MR) is 128 cm³/mol. The molecule has 0 saturated carbocycles. The number of likely N-dealkylation sites (tertiary alicyclic amines) is 1. The topological polar surface area (TPSA) is 73.7 Å². The molecule has 1 aromatic carbocycles. The molecular formula is C26H33N5O2. The first-order valence-corrected chi connectivity index (χ1v) is 12.1. The summed E-state index contributed by atoms with van der Waals surface area (Å²) in [6.07, 6.45) is 4.05. The lowest BCUT2D eigenvalue weighted by molar-refractivity contribution is -0.135. The second-order valence-corrected chi connectivity index (χ2v) is 9.88. The molecule has 1 amide bonds. The second kappa shape index (κ2) is 8.78. The summed E-state index contributed by atoms with van der Waals surface area (Å²) in [7, 11) is 0. The lowest BCUT2D eigenvalue weighted by Crippen LogP contribution is -2.41. The van der Waals surface area contributed by atoms with Crippen molar-refractivity contribution in [3.63, 3.8) is 0 Å². The van der Waals surface area contributed by atoms with Crippen molar-refractivity contribution in [3.8, 4) is 0 Å². The molecule has 1 fully saturated rings. The van der Waals surface area contributed by atoms with Crippen LogP contribution in [0.4, 0.5) is 0 Å². The third kappa shape index (κ3) is 4.22. The predicted octanol–water partition coefficient (Wildman–Crippen LogP) is 3.60. The number of nitrogens with zero attached hydrogens (tertiary/aromatic N) is 4. The molecule has 7 heteroatoms. The average molecular weight is 448 g/mol. The molecule has 2 aliphatic rings. The number of aromatic nitrogens is 3. The third-order valence-electron chi connectivity index (χ3n) is 7.07. The van der Waals surface area contributed by atoms with Crippen molar-refractivity contribution in [3.05, 3.63) is 68.8 Å². The molecule has 4 heterocycles. The standard InChI is InChI=1S/C26H33N5O2/c1-17(2)25(32)30-13-11-21-20(16-30)26(33)31-24(27-21)14-22(28-31)23-6-4-5-12-29(23)15-19-9-7-18(3)8-10-19/h7-10,14,17,23,28H,4-6,11-13,15-16H2,1-3H3/t23-/m1/s1. The number of piperidine rings is 1. The average Bonchev–Trinajstić information content (AvgIpc) is 3.24. The van der Waals surface area contributed by atoms with E-state index in [1.165, 1.54) is 24.0 Å². The molecule has 0 aliphatic carbocycles. The normalized spacial score (nSPS) is 19.3. The third-order valence-corrected chi connectivity index (χ3v) is 7.07. The van der Waals surface area contributed by atoms with Crippen molar-refractivity contribution in [1.29, 1.82) is 0 Å². The van der Waals surface area contributed by atoms with Crippen LogP contribution >= 0.6 is 0 Å². The molecule has 0 bridgehead atoms. The van der Waals surface area contributed by atoms with Gasteiger partial charge in [0.1, 0.15) is 0 Å². The molecule has 3 aromatic rings. The number of H-pyrrole nitrogens is 1. The zero-order chi connectivity index (χ0) is 23.1. The molecule has 7 nitrogen and oxygen atoms in total. The molecule has 0 radical (unpaired) electrons. The molecule has 2 aliphatic heterocycles. The van der Waals surface area contributed by atoms with Crippen LogP contribution in [0.15, 0.2) is 35.1 Å². The maximum atomic E-state index is 13.4. The minimum Gasteiger partial charge on any atom is -0.337 e. The summed E-state index contributed by atoms with van der Waals surface area (Å²) in [4.78, 5) is 35.0. The van der Waals surface area contributed by atoms with Crippen LogP contribution in [-0.4, -0.2) is 43.4 Å². The minimum atomic E-state index is -0.0802. The molecule has 1 saturated heterocycles. The lowest BCUT2D eigenvalue weighted by Gasteiger charge is -2.35. The Balaban J connectivity index is 1.45. The lowest BCUT2D eigenvalue weighted by atomic mass is 9.98. The highest BCUT2D eigenvalue weighted by Gasteiger charge is 2.29. The van der Waals surface area contributed by atoms with E-state index in [0.29, 0.717) is 30.7 Å². The number of carbonyl (C=O) groups excluding carboxylic acids is 1. The summed E-state index contributed by atoms with van der Waals surface area (Å²) >= 11 is 0. The van der Waals surface area contributed by atoms with Crippen molar-refractivity contribution in [2.24, 2.45) is 5.92 Å². The Morgan fingerprint density at radius 1 is 1.18 bits per heavy atom. The van der Waals surface area contributed by atoms with Gasteiger partial charge in [-0.1, -0.05) is 50.1 Å². The molecule has 174 valence electrons. The zero-order valence-corrected chi connectivity index (χ0v) is 19.8.